The Labute approximate surface area is 98.7 Å². The van der Waals surface area contributed by atoms with Gasteiger partial charge in [-0.15, -0.1) is 4.13 Å². The molecule has 0 aromatic carbocycles. The van der Waals surface area contributed by atoms with E-state index in [1.54, 1.807) is 0 Å². The number of nitrogens with one attached hydrogen (secondary N) is 2. The van der Waals surface area contributed by atoms with Crippen molar-refractivity contribution in [1.82, 2.24) is 9.44 Å². The third-order valence-corrected chi connectivity index (χ3v) is 4.91. The van der Waals surface area contributed by atoms with E-state index in [1.165, 1.54) is 23.4 Å². The standard InChI is InChI=1S/C8H18N2O4S2/c11-15(12)10-16(13,14)7-6-9-8-4-2-1-3-5-8/h8-10H,1-7H2,(H,11,12)/p-1. The molecule has 1 saturated carbocycles. The molecule has 8 heteroatoms. The second-order valence-corrected chi connectivity index (χ2v) is 6.70. The largest absolute Gasteiger partial charge is 0.759 e. The van der Waals surface area contributed by atoms with Crippen molar-refractivity contribution in [3.05, 3.63) is 0 Å². The lowest BCUT2D eigenvalue weighted by Crippen LogP contribution is -2.37. The topological polar surface area (TPSA) is 98.3 Å². The summed E-state index contributed by atoms with van der Waals surface area (Å²) >= 11 is -2.76. The maximum absolute atomic E-state index is 11.1. The zero-order chi connectivity index (χ0) is 12.0. The first-order chi connectivity index (χ1) is 7.49. The quantitative estimate of drug-likeness (QED) is 0.641. The summed E-state index contributed by atoms with van der Waals surface area (Å²) in [5.74, 6) is -0.211. The van der Waals surface area contributed by atoms with Crippen LogP contribution in [0.1, 0.15) is 32.1 Å². The maximum atomic E-state index is 11.1. The summed E-state index contributed by atoms with van der Waals surface area (Å²) in [6, 6.07) is 0.377. The fraction of sp³-hybridized carbons (Fsp3) is 1.00. The van der Waals surface area contributed by atoms with Gasteiger partial charge >= 0.3 is 0 Å². The highest BCUT2D eigenvalue weighted by molar-refractivity contribution is 7.99. The fourth-order valence-electron chi connectivity index (χ4n) is 1.85. The molecule has 0 bridgehead atoms. The average Bonchev–Trinajstić information content (AvgIpc) is 2.16. The first-order valence-corrected chi connectivity index (χ1v) is 8.05. The van der Waals surface area contributed by atoms with E-state index in [9.17, 15) is 17.2 Å². The van der Waals surface area contributed by atoms with Gasteiger partial charge in [0.1, 0.15) is 0 Å². The average molecular weight is 269 g/mol. The lowest BCUT2D eigenvalue weighted by atomic mass is 9.96. The number of sulfonamides is 1. The van der Waals surface area contributed by atoms with Gasteiger partial charge in [-0.3, -0.25) is 4.21 Å². The Morgan fingerprint density at radius 3 is 2.44 bits per heavy atom. The van der Waals surface area contributed by atoms with E-state index in [0.717, 1.165) is 12.8 Å². The molecule has 1 atom stereocenters. The van der Waals surface area contributed by atoms with Gasteiger partial charge in [-0.25, -0.2) is 8.42 Å². The molecule has 1 aliphatic rings. The zero-order valence-corrected chi connectivity index (χ0v) is 10.6. The Bertz CT molecular complexity index is 325. The molecule has 0 radical (unpaired) electrons. The van der Waals surface area contributed by atoms with Crippen LogP contribution < -0.4 is 9.44 Å². The van der Waals surface area contributed by atoms with Gasteiger partial charge in [-0.1, -0.05) is 19.3 Å². The molecule has 0 heterocycles. The van der Waals surface area contributed by atoms with Crippen LogP contribution in [-0.2, 0) is 21.3 Å². The van der Waals surface area contributed by atoms with Crippen molar-refractivity contribution >= 4 is 21.3 Å². The van der Waals surface area contributed by atoms with E-state index in [0.29, 0.717) is 6.04 Å². The molecular formula is C8H17N2O4S2-. The van der Waals surface area contributed by atoms with Crippen LogP contribution in [0.15, 0.2) is 0 Å². The smallest absolute Gasteiger partial charge is 0.223 e. The highest BCUT2D eigenvalue weighted by Crippen LogP contribution is 2.16. The molecule has 1 fully saturated rings. The molecule has 1 rings (SSSR count). The maximum Gasteiger partial charge on any atom is 0.223 e. The van der Waals surface area contributed by atoms with Gasteiger partial charge in [0.05, 0.1) is 5.75 Å². The van der Waals surface area contributed by atoms with Crippen molar-refractivity contribution in [3.63, 3.8) is 0 Å². The summed E-state index contributed by atoms with van der Waals surface area (Å²) in [6.45, 7) is 0.289. The van der Waals surface area contributed by atoms with Crippen molar-refractivity contribution < 1.29 is 17.2 Å². The molecule has 96 valence electrons. The van der Waals surface area contributed by atoms with Crippen molar-refractivity contribution in [2.45, 2.75) is 38.1 Å². The van der Waals surface area contributed by atoms with Crippen LogP contribution in [0, 0.1) is 0 Å². The van der Waals surface area contributed by atoms with Gasteiger partial charge in [-0.2, -0.15) is 0 Å². The Kier molecular flexibility index (Phi) is 5.84. The number of hydrogen-bond acceptors (Lipinski definition) is 5. The SMILES string of the molecule is O=S([O-])NS(=O)(=O)CCNC1CCCCC1. The molecule has 16 heavy (non-hydrogen) atoms. The second kappa shape index (κ2) is 6.65. The minimum atomic E-state index is -3.71. The highest BCUT2D eigenvalue weighted by Gasteiger charge is 2.14. The summed E-state index contributed by atoms with van der Waals surface area (Å²) in [5.41, 5.74) is 0. The number of rotatable bonds is 6. The van der Waals surface area contributed by atoms with E-state index < -0.39 is 21.3 Å². The molecule has 6 nitrogen and oxygen atoms in total. The molecule has 0 aliphatic heterocycles. The van der Waals surface area contributed by atoms with Gasteiger partial charge in [-0.05, 0) is 12.8 Å². The summed E-state index contributed by atoms with van der Waals surface area (Å²) < 4.78 is 44.1. The van der Waals surface area contributed by atoms with Crippen LogP contribution in [0.25, 0.3) is 0 Å². The first-order valence-electron chi connectivity index (χ1n) is 5.32. The van der Waals surface area contributed by atoms with Gasteiger partial charge in [0, 0.05) is 23.9 Å². The monoisotopic (exact) mass is 269 g/mol. The lowest BCUT2D eigenvalue weighted by Gasteiger charge is -2.22. The molecular weight excluding hydrogens is 252 g/mol. The first kappa shape index (κ1) is 14.0. The minimum absolute atomic E-state index is 0.211. The van der Waals surface area contributed by atoms with E-state index in [-0.39, 0.29) is 12.3 Å². The van der Waals surface area contributed by atoms with Crippen LogP contribution in [-0.4, -0.2) is 35.5 Å². The van der Waals surface area contributed by atoms with Crippen molar-refractivity contribution in [1.29, 1.82) is 0 Å². The zero-order valence-electron chi connectivity index (χ0n) is 8.98. The van der Waals surface area contributed by atoms with Gasteiger partial charge in [0.2, 0.25) is 10.0 Å². The van der Waals surface area contributed by atoms with Gasteiger partial charge in [0.15, 0.2) is 0 Å². The van der Waals surface area contributed by atoms with Crippen LogP contribution in [0.3, 0.4) is 0 Å². The van der Waals surface area contributed by atoms with Crippen molar-refractivity contribution in [2.75, 3.05) is 12.3 Å². The Morgan fingerprint density at radius 1 is 1.25 bits per heavy atom. The lowest BCUT2D eigenvalue weighted by molar-refractivity contribution is 0.380. The van der Waals surface area contributed by atoms with E-state index in [4.69, 9.17) is 0 Å². The molecule has 2 N–H and O–H groups in total. The normalized spacial score (nSPS) is 20.8. The molecule has 0 spiro atoms. The molecule has 0 saturated heterocycles. The third-order valence-electron chi connectivity index (χ3n) is 2.60. The Morgan fingerprint density at radius 2 is 1.88 bits per heavy atom. The van der Waals surface area contributed by atoms with Crippen LogP contribution in [0.4, 0.5) is 0 Å². The highest BCUT2D eigenvalue weighted by atomic mass is 32.3. The Hall–Kier alpha value is -0.0200. The second-order valence-electron chi connectivity index (χ2n) is 3.93. The predicted molar refractivity (Wildman–Crippen MR) is 60.7 cm³/mol. The summed E-state index contributed by atoms with van der Waals surface area (Å²) in [5, 5.41) is 3.13. The number of hydrogen-bond donors (Lipinski definition) is 2. The van der Waals surface area contributed by atoms with Gasteiger partial charge in [0.25, 0.3) is 0 Å². The van der Waals surface area contributed by atoms with Gasteiger partial charge < -0.3 is 9.87 Å². The fourth-order valence-corrected chi connectivity index (χ4v) is 3.40. The molecule has 1 aliphatic carbocycles. The predicted octanol–water partition coefficient (Wildman–Crippen LogP) is -0.378. The minimum Gasteiger partial charge on any atom is -0.759 e. The summed E-state index contributed by atoms with van der Waals surface area (Å²) in [6.07, 6.45) is 5.73. The molecule has 1 unspecified atom stereocenters. The Balaban J connectivity index is 2.21. The van der Waals surface area contributed by atoms with E-state index in [1.807, 2.05) is 0 Å². The van der Waals surface area contributed by atoms with Crippen LogP contribution in [0.2, 0.25) is 0 Å². The van der Waals surface area contributed by atoms with E-state index >= 15 is 0 Å². The molecule has 0 aromatic rings. The third kappa shape index (κ3) is 5.90. The van der Waals surface area contributed by atoms with Crippen molar-refractivity contribution in [2.24, 2.45) is 0 Å². The van der Waals surface area contributed by atoms with Crippen molar-refractivity contribution in [3.8, 4) is 0 Å². The van der Waals surface area contributed by atoms with Crippen LogP contribution in [0.5, 0.6) is 0 Å². The summed E-state index contributed by atoms with van der Waals surface area (Å²) in [4.78, 5) is 0. The van der Waals surface area contributed by atoms with E-state index in [2.05, 4.69) is 5.32 Å². The molecule has 0 amide bonds. The van der Waals surface area contributed by atoms with Crippen LogP contribution >= 0.6 is 0 Å². The molecule has 0 aromatic heterocycles. The summed E-state index contributed by atoms with van der Waals surface area (Å²) in [7, 11) is -3.71.